The first-order chi connectivity index (χ1) is 8.70. The Labute approximate surface area is 116 Å². The van der Waals surface area contributed by atoms with Crippen LogP contribution in [0, 0.1) is 0 Å². The maximum absolute atomic E-state index is 12.1. The fourth-order valence-corrected chi connectivity index (χ4v) is 2.93. The van der Waals surface area contributed by atoms with Crippen LogP contribution in [0.3, 0.4) is 0 Å². The molecule has 0 bridgehead atoms. The van der Waals surface area contributed by atoms with Gasteiger partial charge in [-0.05, 0) is 18.2 Å². The molecule has 1 fully saturated rings. The van der Waals surface area contributed by atoms with Crippen molar-refractivity contribution in [2.75, 3.05) is 25.2 Å². The normalized spacial score (nSPS) is 19.6. The van der Waals surface area contributed by atoms with Gasteiger partial charge in [-0.15, -0.1) is 0 Å². The van der Waals surface area contributed by atoms with E-state index in [9.17, 15) is 4.79 Å². The highest BCUT2D eigenvalue weighted by atomic mass is 35.5. The quantitative estimate of drug-likeness (QED) is 0.852. The summed E-state index contributed by atoms with van der Waals surface area (Å²) in [6, 6.07) is 5.30. The van der Waals surface area contributed by atoms with Crippen LogP contribution in [0.5, 0.6) is 5.75 Å². The maximum Gasteiger partial charge on any atom is 0.166 e. The monoisotopic (exact) mass is 286 g/mol. The predicted octanol–water partition coefficient (Wildman–Crippen LogP) is 2.59. The number of carbonyl (C=O) groups excluding carboxylic acids is 1. The Balaban J connectivity index is 2.07. The summed E-state index contributed by atoms with van der Waals surface area (Å²) in [6.07, 6.45) is 0.00189. The number of hydrogen-bond donors (Lipinski definition) is 0. The van der Waals surface area contributed by atoms with Crippen LogP contribution in [0.4, 0.5) is 0 Å². The largest absolute Gasteiger partial charge is 0.496 e. The third-order valence-corrected chi connectivity index (χ3v) is 4.01. The predicted molar refractivity (Wildman–Crippen MR) is 73.8 cm³/mol. The molecule has 1 unspecified atom stereocenters. The molecule has 1 aliphatic rings. The van der Waals surface area contributed by atoms with E-state index in [4.69, 9.17) is 21.1 Å². The van der Waals surface area contributed by atoms with E-state index in [2.05, 4.69) is 0 Å². The number of Topliss-reactive ketones (excluding diaryl/α,β-unsaturated/α-hetero) is 1. The molecule has 0 amide bonds. The molecule has 1 aromatic carbocycles. The second kappa shape index (κ2) is 6.45. The van der Waals surface area contributed by atoms with E-state index in [0.29, 0.717) is 23.8 Å². The van der Waals surface area contributed by atoms with Gasteiger partial charge in [0.05, 0.1) is 13.7 Å². The number of hydrogen-bond acceptors (Lipinski definition) is 4. The summed E-state index contributed by atoms with van der Waals surface area (Å²) in [4.78, 5) is 12.1. The fourth-order valence-electron chi connectivity index (χ4n) is 1.86. The summed E-state index contributed by atoms with van der Waals surface area (Å²) in [5.41, 5.74) is 0.814. The lowest BCUT2D eigenvalue weighted by molar-refractivity contribution is -0.128. The molecule has 3 nitrogen and oxygen atoms in total. The van der Waals surface area contributed by atoms with Crippen molar-refractivity contribution in [2.45, 2.75) is 12.5 Å². The molecule has 0 N–H and O–H groups in total. The number of rotatable bonds is 4. The molecule has 0 aliphatic carbocycles. The van der Waals surface area contributed by atoms with Gasteiger partial charge in [0.15, 0.2) is 5.78 Å². The average Bonchev–Trinajstić information content (AvgIpc) is 2.40. The maximum atomic E-state index is 12.1. The number of methoxy groups -OCH3 is 1. The van der Waals surface area contributed by atoms with E-state index in [-0.39, 0.29) is 11.9 Å². The molecule has 18 heavy (non-hydrogen) atoms. The van der Waals surface area contributed by atoms with E-state index < -0.39 is 0 Å². The van der Waals surface area contributed by atoms with Crippen LogP contribution in [0.1, 0.15) is 5.56 Å². The molecular formula is C13H15ClO3S. The molecule has 1 heterocycles. The highest BCUT2D eigenvalue weighted by Crippen LogP contribution is 2.24. The lowest BCUT2D eigenvalue weighted by Gasteiger charge is -2.21. The summed E-state index contributed by atoms with van der Waals surface area (Å²) in [6.45, 7) is 0.647. The van der Waals surface area contributed by atoms with Crippen molar-refractivity contribution in [1.29, 1.82) is 0 Å². The lowest BCUT2D eigenvalue weighted by atomic mass is 10.0. The van der Waals surface area contributed by atoms with Crippen LogP contribution >= 0.6 is 23.4 Å². The number of benzene rings is 1. The minimum atomic E-state index is -0.299. The van der Waals surface area contributed by atoms with Crippen LogP contribution in [0.2, 0.25) is 5.02 Å². The Morgan fingerprint density at radius 2 is 2.44 bits per heavy atom. The first-order valence-corrected chi connectivity index (χ1v) is 7.28. The van der Waals surface area contributed by atoms with Crippen molar-refractivity contribution in [2.24, 2.45) is 0 Å². The van der Waals surface area contributed by atoms with E-state index in [0.717, 1.165) is 17.1 Å². The van der Waals surface area contributed by atoms with Crippen molar-refractivity contribution >= 4 is 29.1 Å². The number of thioether (sulfide) groups is 1. The molecule has 0 radical (unpaired) electrons. The van der Waals surface area contributed by atoms with Crippen LogP contribution < -0.4 is 4.74 Å². The van der Waals surface area contributed by atoms with Crippen molar-refractivity contribution in [3.63, 3.8) is 0 Å². The summed E-state index contributed by atoms with van der Waals surface area (Å²) < 4.78 is 10.7. The van der Waals surface area contributed by atoms with E-state index in [1.165, 1.54) is 0 Å². The minimum Gasteiger partial charge on any atom is -0.496 e. The fraction of sp³-hybridized carbons (Fsp3) is 0.462. The van der Waals surface area contributed by atoms with Gasteiger partial charge in [-0.3, -0.25) is 4.79 Å². The van der Waals surface area contributed by atoms with Gasteiger partial charge in [0.2, 0.25) is 0 Å². The third kappa shape index (κ3) is 3.40. The van der Waals surface area contributed by atoms with Crippen molar-refractivity contribution in [3.8, 4) is 5.75 Å². The molecule has 1 saturated heterocycles. The molecule has 1 aliphatic heterocycles. The van der Waals surface area contributed by atoms with Crippen LogP contribution in [-0.2, 0) is 16.0 Å². The number of carbonyl (C=O) groups is 1. The molecule has 0 saturated carbocycles. The van der Waals surface area contributed by atoms with Gasteiger partial charge in [0, 0.05) is 28.5 Å². The summed E-state index contributed by atoms with van der Waals surface area (Å²) >= 11 is 7.69. The topological polar surface area (TPSA) is 35.5 Å². The second-order valence-electron chi connectivity index (χ2n) is 4.03. The molecule has 0 spiro atoms. The van der Waals surface area contributed by atoms with Gasteiger partial charge in [0.25, 0.3) is 0 Å². The van der Waals surface area contributed by atoms with Crippen molar-refractivity contribution in [1.82, 2.24) is 0 Å². The van der Waals surface area contributed by atoms with E-state index >= 15 is 0 Å². The zero-order valence-electron chi connectivity index (χ0n) is 10.1. The number of halogens is 1. The smallest absolute Gasteiger partial charge is 0.166 e. The van der Waals surface area contributed by atoms with Crippen molar-refractivity contribution in [3.05, 3.63) is 28.8 Å². The first-order valence-electron chi connectivity index (χ1n) is 5.75. The summed E-state index contributed by atoms with van der Waals surface area (Å²) in [5, 5.41) is 0.609. The Morgan fingerprint density at radius 3 is 3.11 bits per heavy atom. The molecule has 2 rings (SSSR count). The van der Waals surface area contributed by atoms with Crippen LogP contribution in [0.25, 0.3) is 0 Å². The number of ether oxygens (including phenoxy) is 2. The van der Waals surface area contributed by atoms with E-state index in [1.54, 1.807) is 37.1 Å². The van der Waals surface area contributed by atoms with Gasteiger partial charge in [-0.25, -0.2) is 0 Å². The molecule has 5 heteroatoms. The Bertz CT molecular complexity index is 430. The SMILES string of the molecule is COc1ccc(Cl)cc1CC(=O)C1CSCCO1. The highest BCUT2D eigenvalue weighted by Gasteiger charge is 2.23. The Kier molecular flexibility index (Phi) is 4.92. The average molecular weight is 287 g/mol. The standard InChI is InChI=1S/C13H15ClO3S/c1-16-12-3-2-10(14)6-9(12)7-11(15)13-8-18-5-4-17-13/h2-3,6,13H,4-5,7-8H2,1H3. The van der Waals surface area contributed by atoms with Crippen LogP contribution in [0.15, 0.2) is 18.2 Å². The second-order valence-corrected chi connectivity index (χ2v) is 5.62. The third-order valence-electron chi connectivity index (χ3n) is 2.78. The molecule has 1 aromatic rings. The first kappa shape index (κ1) is 13.7. The molecular weight excluding hydrogens is 272 g/mol. The Morgan fingerprint density at radius 1 is 1.61 bits per heavy atom. The van der Waals surface area contributed by atoms with Crippen LogP contribution in [-0.4, -0.2) is 37.1 Å². The molecule has 0 aromatic heterocycles. The van der Waals surface area contributed by atoms with Crippen molar-refractivity contribution < 1.29 is 14.3 Å². The zero-order chi connectivity index (χ0) is 13.0. The highest BCUT2D eigenvalue weighted by molar-refractivity contribution is 7.99. The zero-order valence-corrected chi connectivity index (χ0v) is 11.7. The summed E-state index contributed by atoms with van der Waals surface area (Å²) in [5.74, 6) is 2.48. The van der Waals surface area contributed by atoms with Gasteiger partial charge in [-0.2, -0.15) is 11.8 Å². The summed E-state index contributed by atoms with van der Waals surface area (Å²) in [7, 11) is 1.59. The number of ketones is 1. The Hall–Kier alpha value is -0.710. The van der Waals surface area contributed by atoms with Gasteiger partial charge < -0.3 is 9.47 Å². The van der Waals surface area contributed by atoms with Gasteiger partial charge in [-0.1, -0.05) is 11.6 Å². The molecule has 1 atom stereocenters. The lowest BCUT2D eigenvalue weighted by Crippen LogP contribution is -2.32. The van der Waals surface area contributed by atoms with E-state index in [1.807, 2.05) is 0 Å². The van der Waals surface area contributed by atoms with Gasteiger partial charge in [0.1, 0.15) is 11.9 Å². The molecule has 98 valence electrons. The minimum absolute atomic E-state index is 0.0859. The van der Waals surface area contributed by atoms with Gasteiger partial charge >= 0.3 is 0 Å².